The molecule has 1 saturated heterocycles. The first-order chi connectivity index (χ1) is 13.1. The molecule has 0 bridgehead atoms. The Morgan fingerprint density at radius 3 is 2.78 bits per heavy atom. The predicted octanol–water partition coefficient (Wildman–Crippen LogP) is 1.97. The summed E-state index contributed by atoms with van der Waals surface area (Å²) in [6.45, 7) is 2.94. The van der Waals surface area contributed by atoms with E-state index in [4.69, 9.17) is 16.3 Å². The van der Waals surface area contributed by atoms with Crippen LogP contribution in [-0.2, 0) is 4.74 Å². The largest absolute Gasteiger partial charge is 0.379 e. The lowest BCUT2D eigenvalue weighted by Crippen LogP contribution is -2.46. The molecule has 1 aliphatic heterocycles. The SMILES string of the molecule is O=C(NCC(c1cccc(F)c1)N1CCOCC1)NNc1ccc(Cl)nn1. The van der Waals surface area contributed by atoms with Crippen molar-refractivity contribution in [1.82, 2.24) is 25.8 Å². The van der Waals surface area contributed by atoms with Crippen molar-refractivity contribution >= 4 is 23.4 Å². The van der Waals surface area contributed by atoms with Gasteiger partial charge in [-0.2, -0.15) is 0 Å². The quantitative estimate of drug-likeness (QED) is 0.649. The molecule has 144 valence electrons. The number of halogens is 2. The summed E-state index contributed by atoms with van der Waals surface area (Å²) >= 11 is 5.66. The zero-order valence-corrected chi connectivity index (χ0v) is 15.2. The maximum Gasteiger partial charge on any atom is 0.333 e. The molecule has 0 radical (unpaired) electrons. The third kappa shape index (κ3) is 5.75. The van der Waals surface area contributed by atoms with E-state index >= 15 is 0 Å². The van der Waals surface area contributed by atoms with Gasteiger partial charge < -0.3 is 10.1 Å². The number of morpholine rings is 1. The summed E-state index contributed by atoms with van der Waals surface area (Å²) in [6.07, 6.45) is 0. The molecule has 3 rings (SSSR count). The van der Waals surface area contributed by atoms with E-state index in [1.165, 1.54) is 12.1 Å². The molecule has 8 nitrogen and oxygen atoms in total. The van der Waals surface area contributed by atoms with E-state index in [-0.39, 0.29) is 17.0 Å². The Bertz CT molecular complexity index is 757. The molecule has 1 aromatic carbocycles. The Balaban J connectivity index is 1.58. The number of nitrogens with zero attached hydrogens (tertiary/aromatic N) is 3. The maximum absolute atomic E-state index is 13.7. The number of ether oxygens (including phenoxy) is 1. The molecular weight excluding hydrogens is 375 g/mol. The van der Waals surface area contributed by atoms with Gasteiger partial charge in [0.25, 0.3) is 0 Å². The van der Waals surface area contributed by atoms with Gasteiger partial charge in [-0.25, -0.2) is 9.18 Å². The minimum atomic E-state index is -0.443. The number of hydrogen-bond donors (Lipinski definition) is 3. The minimum absolute atomic E-state index is 0.161. The van der Waals surface area contributed by atoms with Crippen molar-refractivity contribution in [3.05, 3.63) is 52.9 Å². The van der Waals surface area contributed by atoms with Gasteiger partial charge in [0.15, 0.2) is 11.0 Å². The first-order valence-electron chi connectivity index (χ1n) is 8.48. The number of aromatic nitrogens is 2. The molecule has 27 heavy (non-hydrogen) atoms. The molecule has 0 saturated carbocycles. The van der Waals surface area contributed by atoms with E-state index in [1.54, 1.807) is 18.2 Å². The average molecular weight is 395 g/mol. The number of hydrogen-bond acceptors (Lipinski definition) is 6. The first-order valence-corrected chi connectivity index (χ1v) is 8.86. The van der Waals surface area contributed by atoms with E-state index in [0.29, 0.717) is 38.7 Å². The van der Waals surface area contributed by atoms with Crippen LogP contribution in [0.1, 0.15) is 11.6 Å². The van der Waals surface area contributed by atoms with Gasteiger partial charge in [0.1, 0.15) is 5.82 Å². The number of amides is 2. The topological polar surface area (TPSA) is 91.4 Å². The van der Waals surface area contributed by atoms with Crippen LogP contribution in [0.4, 0.5) is 15.0 Å². The molecule has 0 spiro atoms. The number of benzene rings is 1. The zero-order valence-electron chi connectivity index (χ0n) is 14.5. The molecule has 2 aromatic rings. The van der Waals surface area contributed by atoms with E-state index in [1.807, 2.05) is 6.07 Å². The normalized spacial score (nSPS) is 15.8. The summed E-state index contributed by atoms with van der Waals surface area (Å²) < 4.78 is 19.0. The molecule has 3 N–H and O–H groups in total. The van der Waals surface area contributed by atoms with Crippen molar-refractivity contribution < 1.29 is 13.9 Å². The Kier molecular flexibility index (Phi) is 6.74. The second-order valence-corrected chi connectivity index (χ2v) is 6.31. The van der Waals surface area contributed by atoms with Gasteiger partial charge in [0.2, 0.25) is 0 Å². The Morgan fingerprint density at radius 1 is 1.26 bits per heavy atom. The smallest absolute Gasteiger partial charge is 0.333 e. The molecule has 0 aliphatic carbocycles. The van der Waals surface area contributed by atoms with Crippen molar-refractivity contribution in [2.24, 2.45) is 0 Å². The lowest BCUT2D eigenvalue weighted by molar-refractivity contribution is 0.0166. The molecule has 2 heterocycles. The summed E-state index contributed by atoms with van der Waals surface area (Å²) in [5.41, 5.74) is 5.91. The lowest BCUT2D eigenvalue weighted by atomic mass is 10.0. The minimum Gasteiger partial charge on any atom is -0.379 e. The van der Waals surface area contributed by atoms with Crippen LogP contribution in [0.3, 0.4) is 0 Å². The van der Waals surface area contributed by atoms with E-state index < -0.39 is 6.03 Å². The van der Waals surface area contributed by atoms with E-state index in [9.17, 15) is 9.18 Å². The van der Waals surface area contributed by atoms with Gasteiger partial charge in [-0.05, 0) is 29.8 Å². The summed E-state index contributed by atoms with van der Waals surface area (Å²) in [4.78, 5) is 14.3. The predicted molar refractivity (Wildman–Crippen MR) is 98.7 cm³/mol. The maximum atomic E-state index is 13.7. The van der Waals surface area contributed by atoms with Crippen LogP contribution in [0.15, 0.2) is 36.4 Å². The highest BCUT2D eigenvalue weighted by molar-refractivity contribution is 6.29. The molecule has 1 atom stereocenters. The van der Waals surface area contributed by atoms with Gasteiger partial charge in [-0.3, -0.25) is 15.8 Å². The Morgan fingerprint density at radius 2 is 2.07 bits per heavy atom. The third-order valence-electron chi connectivity index (χ3n) is 4.11. The number of anilines is 1. The second-order valence-electron chi connectivity index (χ2n) is 5.92. The number of carbonyl (C=O) groups is 1. The van der Waals surface area contributed by atoms with E-state index in [2.05, 4.69) is 31.3 Å². The molecule has 1 unspecified atom stereocenters. The van der Waals surface area contributed by atoms with Crippen LogP contribution in [0, 0.1) is 5.82 Å². The molecule has 1 aromatic heterocycles. The highest BCUT2D eigenvalue weighted by Gasteiger charge is 2.23. The first kappa shape index (κ1) is 19.3. The fourth-order valence-electron chi connectivity index (χ4n) is 2.80. The average Bonchev–Trinajstić information content (AvgIpc) is 2.69. The number of urea groups is 1. The zero-order chi connectivity index (χ0) is 19.1. The van der Waals surface area contributed by atoms with Crippen LogP contribution in [0.5, 0.6) is 0 Å². The summed E-state index contributed by atoms with van der Waals surface area (Å²) in [7, 11) is 0. The monoisotopic (exact) mass is 394 g/mol. The highest BCUT2D eigenvalue weighted by atomic mass is 35.5. The Labute approximate surface area is 161 Å². The summed E-state index contributed by atoms with van der Waals surface area (Å²) in [6, 6.07) is 8.93. The fraction of sp³-hybridized carbons (Fsp3) is 0.353. The van der Waals surface area contributed by atoms with Crippen molar-refractivity contribution in [2.75, 3.05) is 38.3 Å². The van der Waals surface area contributed by atoms with Gasteiger partial charge in [0.05, 0.1) is 19.3 Å². The van der Waals surface area contributed by atoms with Gasteiger partial charge in [0, 0.05) is 19.6 Å². The molecule has 10 heteroatoms. The number of rotatable bonds is 6. The molecule has 1 aliphatic rings. The van der Waals surface area contributed by atoms with Crippen molar-refractivity contribution in [3.63, 3.8) is 0 Å². The van der Waals surface area contributed by atoms with Crippen molar-refractivity contribution in [3.8, 4) is 0 Å². The fourth-order valence-corrected chi connectivity index (χ4v) is 2.90. The lowest BCUT2D eigenvalue weighted by Gasteiger charge is -2.34. The third-order valence-corrected chi connectivity index (χ3v) is 4.31. The summed E-state index contributed by atoms with van der Waals surface area (Å²) in [5.74, 6) is 0.0441. The van der Waals surface area contributed by atoms with Gasteiger partial charge in [-0.1, -0.05) is 23.7 Å². The van der Waals surface area contributed by atoms with Gasteiger partial charge in [-0.15, -0.1) is 10.2 Å². The number of nitrogens with one attached hydrogen (secondary N) is 3. The van der Waals surface area contributed by atoms with Crippen LogP contribution in [0.2, 0.25) is 5.15 Å². The highest BCUT2D eigenvalue weighted by Crippen LogP contribution is 2.22. The van der Waals surface area contributed by atoms with Crippen molar-refractivity contribution in [2.45, 2.75) is 6.04 Å². The Hall–Kier alpha value is -2.49. The van der Waals surface area contributed by atoms with Gasteiger partial charge >= 0.3 is 6.03 Å². The number of carbonyl (C=O) groups excluding carboxylic acids is 1. The number of hydrazine groups is 1. The molecule has 2 amide bonds. The van der Waals surface area contributed by atoms with Crippen LogP contribution < -0.4 is 16.2 Å². The van der Waals surface area contributed by atoms with Crippen LogP contribution in [-0.4, -0.2) is 54.0 Å². The molecular formula is C17H20ClFN6O2. The van der Waals surface area contributed by atoms with Crippen LogP contribution in [0.25, 0.3) is 0 Å². The standard InChI is InChI=1S/C17H20ClFN6O2/c18-15-4-5-16(22-21-15)23-24-17(26)20-11-14(25-6-8-27-9-7-25)12-2-1-3-13(19)10-12/h1-5,10,14H,6-9,11H2,(H,22,23)(H2,20,24,26). The molecule has 1 fully saturated rings. The second kappa shape index (κ2) is 9.45. The van der Waals surface area contributed by atoms with E-state index in [0.717, 1.165) is 5.56 Å². The van der Waals surface area contributed by atoms with Crippen LogP contribution >= 0.6 is 11.6 Å². The summed E-state index contributed by atoms with van der Waals surface area (Å²) in [5, 5.41) is 10.5. The van der Waals surface area contributed by atoms with Crippen molar-refractivity contribution in [1.29, 1.82) is 0 Å².